The van der Waals surface area contributed by atoms with Crippen molar-refractivity contribution in [2.24, 2.45) is 17.6 Å². The van der Waals surface area contributed by atoms with Crippen LogP contribution >= 0.6 is 11.3 Å². The highest BCUT2D eigenvalue weighted by molar-refractivity contribution is 7.91. The van der Waals surface area contributed by atoms with Gasteiger partial charge in [0.1, 0.15) is 10.0 Å². The van der Waals surface area contributed by atoms with Crippen LogP contribution in [0.2, 0.25) is 0 Å². The van der Waals surface area contributed by atoms with Gasteiger partial charge in [-0.3, -0.25) is 4.79 Å². The average Bonchev–Trinajstić information content (AvgIpc) is 3.12. The monoisotopic (exact) mass is 459 g/mol. The van der Waals surface area contributed by atoms with E-state index in [-0.39, 0.29) is 42.2 Å². The summed E-state index contributed by atoms with van der Waals surface area (Å²) in [5.41, 5.74) is 5.79. The minimum atomic E-state index is -3.49. The van der Waals surface area contributed by atoms with E-state index in [1.165, 1.54) is 15.6 Å². The quantitative estimate of drug-likeness (QED) is 0.619. The fraction of sp³-hybridized carbons (Fsp3) is 0.421. The number of sulfonamides is 1. The third kappa shape index (κ3) is 4.11. The van der Waals surface area contributed by atoms with Crippen LogP contribution in [0, 0.1) is 29.3 Å². The highest BCUT2D eigenvalue weighted by atomic mass is 32.2. The summed E-state index contributed by atoms with van der Waals surface area (Å²) >= 11 is 1.17. The molecule has 1 unspecified atom stereocenters. The van der Waals surface area contributed by atoms with Crippen LogP contribution < -0.4 is 11.1 Å². The number of carbonyl (C=O) groups is 1. The summed E-state index contributed by atoms with van der Waals surface area (Å²) in [6, 6.07) is 3.58. The molecule has 4 atom stereocenters. The lowest BCUT2D eigenvalue weighted by molar-refractivity contribution is -0.121. The van der Waals surface area contributed by atoms with E-state index in [1.54, 1.807) is 17.5 Å². The van der Waals surface area contributed by atoms with Crippen molar-refractivity contribution in [1.29, 1.82) is 0 Å². The number of amides is 1. The summed E-state index contributed by atoms with van der Waals surface area (Å²) in [5, 5.41) is 4.56. The van der Waals surface area contributed by atoms with Gasteiger partial charge >= 0.3 is 0 Å². The van der Waals surface area contributed by atoms with E-state index >= 15 is 0 Å². The van der Waals surface area contributed by atoms with Gasteiger partial charge in [0.15, 0.2) is 11.6 Å². The molecular weight excluding hydrogens is 439 g/mol. The first-order valence-corrected chi connectivity index (χ1v) is 11.7. The van der Waals surface area contributed by atoms with E-state index in [0.717, 1.165) is 6.07 Å². The number of fused-ring (bicyclic) bond motifs is 1. The van der Waals surface area contributed by atoms with E-state index in [0.29, 0.717) is 23.4 Å². The number of nitrogens with one attached hydrogen (secondary N) is 1. The Morgan fingerprint density at radius 1 is 1.20 bits per heavy atom. The number of thiophene rings is 1. The highest BCUT2D eigenvalue weighted by Crippen LogP contribution is 2.47. The lowest BCUT2D eigenvalue weighted by Gasteiger charge is -2.19. The highest BCUT2D eigenvalue weighted by Gasteiger charge is 2.58. The van der Waals surface area contributed by atoms with Gasteiger partial charge in [0.05, 0.1) is 0 Å². The van der Waals surface area contributed by atoms with Crippen molar-refractivity contribution in [2.45, 2.75) is 29.1 Å². The summed E-state index contributed by atoms with van der Waals surface area (Å²) in [6.07, 6.45) is -0.216. The van der Waals surface area contributed by atoms with Gasteiger partial charge in [0, 0.05) is 37.7 Å². The number of benzene rings is 1. The van der Waals surface area contributed by atoms with Crippen LogP contribution in [0.25, 0.3) is 0 Å². The third-order valence-electron chi connectivity index (χ3n) is 5.60. The minimum absolute atomic E-state index is 0.0588. The molecule has 2 fully saturated rings. The van der Waals surface area contributed by atoms with E-state index in [1.807, 2.05) is 0 Å². The van der Waals surface area contributed by atoms with Gasteiger partial charge < -0.3 is 11.1 Å². The van der Waals surface area contributed by atoms with Crippen molar-refractivity contribution in [3.05, 3.63) is 52.7 Å². The van der Waals surface area contributed by atoms with Crippen LogP contribution in [-0.2, 0) is 21.2 Å². The number of nitrogens with zero attached hydrogens (tertiary/aromatic N) is 1. The van der Waals surface area contributed by atoms with Gasteiger partial charge in [-0.1, -0.05) is 6.07 Å². The van der Waals surface area contributed by atoms with Crippen LogP contribution in [0.1, 0.15) is 12.0 Å². The molecule has 3 N–H and O–H groups in total. The zero-order chi connectivity index (χ0) is 21.6. The van der Waals surface area contributed by atoms with Crippen molar-refractivity contribution >= 4 is 27.3 Å². The zero-order valence-electron chi connectivity index (χ0n) is 15.7. The Kier molecular flexibility index (Phi) is 5.64. The second-order valence-electron chi connectivity index (χ2n) is 7.70. The van der Waals surface area contributed by atoms with Gasteiger partial charge in [-0.2, -0.15) is 4.31 Å². The van der Waals surface area contributed by atoms with Crippen molar-refractivity contribution in [3.63, 3.8) is 0 Å². The third-order valence-corrected chi connectivity index (χ3v) is 8.80. The molecule has 6 nitrogen and oxygen atoms in total. The Morgan fingerprint density at radius 2 is 1.87 bits per heavy atom. The number of nitrogens with two attached hydrogens (primary N) is 1. The Morgan fingerprint density at radius 3 is 2.50 bits per heavy atom. The second-order valence-corrected chi connectivity index (χ2v) is 10.8. The number of rotatable bonds is 7. The Labute approximate surface area is 175 Å². The zero-order valence-corrected chi connectivity index (χ0v) is 17.4. The van der Waals surface area contributed by atoms with Crippen LogP contribution in [0.5, 0.6) is 0 Å². The fourth-order valence-electron chi connectivity index (χ4n) is 3.99. The number of hydrogen-bond donors (Lipinski definition) is 2. The second kappa shape index (κ2) is 7.95. The number of carbonyl (C=O) groups excluding carboxylic acids is 1. The molecule has 0 radical (unpaired) electrons. The predicted molar refractivity (Wildman–Crippen MR) is 105 cm³/mol. The number of piperidine rings is 1. The first-order chi connectivity index (χ1) is 14.2. The minimum Gasteiger partial charge on any atom is -0.353 e. The molecule has 11 heteroatoms. The molecule has 0 spiro atoms. The lowest BCUT2D eigenvalue weighted by Crippen LogP contribution is -2.39. The van der Waals surface area contributed by atoms with E-state index in [9.17, 15) is 26.4 Å². The molecule has 1 saturated carbocycles. The van der Waals surface area contributed by atoms with Crippen LogP contribution in [0.15, 0.2) is 33.9 Å². The fourth-order valence-corrected chi connectivity index (χ4v) is 6.65. The maximum Gasteiger partial charge on any atom is 0.252 e. The summed E-state index contributed by atoms with van der Waals surface area (Å²) < 4.78 is 66.8. The van der Waals surface area contributed by atoms with Gasteiger partial charge in [0.25, 0.3) is 10.0 Å². The Balaban J connectivity index is 1.26. The topological polar surface area (TPSA) is 92.5 Å². The van der Waals surface area contributed by atoms with Crippen molar-refractivity contribution in [3.8, 4) is 0 Å². The molecule has 1 saturated heterocycles. The predicted octanol–water partition coefficient (Wildman–Crippen LogP) is 1.86. The average molecular weight is 460 g/mol. The number of hydrogen-bond acceptors (Lipinski definition) is 5. The maximum absolute atomic E-state index is 13.7. The molecule has 0 bridgehead atoms. The molecule has 162 valence electrons. The van der Waals surface area contributed by atoms with E-state index < -0.39 is 33.5 Å². The maximum atomic E-state index is 13.7. The molecule has 2 aromatic rings. The van der Waals surface area contributed by atoms with Crippen LogP contribution in [-0.4, -0.2) is 43.8 Å². The molecule has 30 heavy (non-hydrogen) atoms. The normalized spacial score (nSPS) is 24.5. The first kappa shape index (κ1) is 21.3. The molecule has 2 heterocycles. The Hall–Kier alpha value is -1.95. The van der Waals surface area contributed by atoms with Crippen LogP contribution in [0.3, 0.4) is 0 Å². The molecule has 2 aliphatic rings. The summed E-state index contributed by atoms with van der Waals surface area (Å²) in [5.74, 6) is -3.58. The lowest BCUT2D eigenvalue weighted by atomic mass is 10.0. The van der Waals surface area contributed by atoms with E-state index in [2.05, 4.69) is 5.32 Å². The first-order valence-electron chi connectivity index (χ1n) is 9.39. The van der Waals surface area contributed by atoms with E-state index in [4.69, 9.17) is 5.73 Å². The van der Waals surface area contributed by atoms with Crippen molar-refractivity contribution in [1.82, 2.24) is 9.62 Å². The van der Waals surface area contributed by atoms with Gasteiger partial charge in [-0.15, -0.1) is 11.3 Å². The molecule has 1 aliphatic heterocycles. The molecule has 1 aliphatic carbocycles. The molecular formula is C19H20F3N3O3S2. The SMILES string of the molecule is N[C@@H](CC(=O)NC1[C@H]2CN(S(=O)(=O)c3cccs3)C[C@@H]12)Cc1cc(F)c(F)cc1F. The summed E-state index contributed by atoms with van der Waals surface area (Å²) in [7, 11) is -3.49. The molecule has 1 aromatic heterocycles. The Bertz CT molecular complexity index is 1050. The van der Waals surface area contributed by atoms with Gasteiger partial charge in [0.2, 0.25) is 5.91 Å². The van der Waals surface area contributed by atoms with Crippen molar-refractivity contribution in [2.75, 3.05) is 13.1 Å². The van der Waals surface area contributed by atoms with Crippen molar-refractivity contribution < 1.29 is 26.4 Å². The molecule has 1 amide bonds. The summed E-state index contributed by atoms with van der Waals surface area (Å²) in [6.45, 7) is 0.698. The largest absolute Gasteiger partial charge is 0.353 e. The number of halogens is 3. The smallest absolute Gasteiger partial charge is 0.252 e. The van der Waals surface area contributed by atoms with Crippen LogP contribution in [0.4, 0.5) is 13.2 Å². The van der Waals surface area contributed by atoms with Gasteiger partial charge in [-0.05, 0) is 41.3 Å². The summed E-state index contributed by atoms with van der Waals surface area (Å²) in [4.78, 5) is 12.2. The molecule has 4 rings (SSSR count). The molecule has 1 aromatic carbocycles. The standard InChI is InChI=1S/C19H20F3N3O3S2/c20-14-7-16(22)15(21)5-10(14)4-11(23)6-17(26)24-19-12-8-25(9-13(12)19)30(27,28)18-2-1-3-29-18/h1-3,5,7,11-13,19H,4,6,8-9,23H2,(H,24,26)/t11-,12-,13+,19?/m1/s1. The van der Waals surface area contributed by atoms with Gasteiger partial charge in [-0.25, -0.2) is 21.6 Å².